The van der Waals surface area contributed by atoms with E-state index in [4.69, 9.17) is 0 Å². The topological polar surface area (TPSA) is 101 Å². The van der Waals surface area contributed by atoms with Crippen LogP contribution in [0.15, 0.2) is 12.1 Å². The highest BCUT2D eigenvalue weighted by atomic mass is 16.4. The molecule has 280 valence electrons. The van der Waals surface area contributed by atoms with Crippen LogP contribution in [0.2, 0.25) is 0 Å². The Hall–Kier alpha value is -2.12. The number of piperidine rings is 2. The van der Waals surface area contributed by atoms with Crippen molar-refractivity contribution >= 4 is 11.9 Å². The van der Waals surface area contributed by atoms with Crippen molar-refractivity contribution < 1.29 is 24.9 Å². The fourth-order valence-electron chi connectivity index (χ4n) is 10.5. The molecular weight excluding hydrogens is 612 g/mol. The summed E-state index contributed by atoms with van der Waals surface area (Å²) in [5.74, 6) is -2.52. The monoisotopic (exact) mass is 685 g/mol. The summed E-state index contributed by atoms with van der Waals surface area (Å²) in [6.07, 6.45) is 3.42. The maximum Gasteiger partial charge on any atom is 0.321 e. The summed E-state index contributed by atoms with van der Waals surface area (Å²) in [4.78, 5) is 31.9. The van der Waals surface area contributed by atoms with E-state index in [0.717, 1.165) is 18.4 Å². The molecule has 49 heavy (non-hydrogen) atoms. The minimum Gasteiger partial charge on any atom is -0.508 e. The molecule has 2 aliphatic heterocycles. The van der Waals surface area contributed by atoms with Gasteiger partial charge in [-0.2, -0.15) is 0 Å². The van der Waals surface area contributed by atoms with Crippen molar-refractivity contribution in [1.29, 1.82) is 0 Å². The van der Waals surface area contributed by atoms with Crippen LogP contribution >= 0.6 is 0 Å². The summed E-state index contributed by atoms with van der Waals surface area (Å²) in [6, 6.07) is 3.95. The van der Waals surface area contributed by atoms with E-state index in [1.165, 1.54) is 11.1 Å². The zero-order chi connectivity index (χ0) is 38.1. The van der Waals surface area contributed by atoms with Crippen LogP contribution in [0.5, 0.6) is 5.75 Å². The molecule has 2 aliphatic rings. The van der Waals surface area contributed by atoms with Gasteiger partial charge in [-0.3, -0.25) is 19.4 Å². The van der Waals surface area contributed by atoms with E-state index in [9.17, 15) is 24.9 Å². The number of aromatic hydroxyl groups is 1. The predicted molar refractivity (Wildman–Crippen MR) is 201 cm³/mol. The Morgan fingerprint density at radius 1 is 0.776 bits per heavy atom. The highest BCUT2D eigenvalue weighted by molar-refractivity contribution is 5.98. The van der Waals surface area contributed by atoms with E-state index in [1.54, 1.807) is 0 Å². The number of aliphatic carboxylic acids is 2. The lowest BCUT2D eigenvalue weighted by Gasteiger charge is -2.60. The lowest BCUT2D eigenvalue weighted by atomic mass is 9.55. The van der Waals surface area contributed by atoms with Gasteiger partial charge in [0, 0.05) is 27.7 Å². The number of benzene rings is 1. The van der Waals surface area contributed by atoms with Crippen LogP contribution in [0.4, 0.5) is 0 Å². The largest absolute Gasteiger partial charge is 0.508 e. The van der Waals surface area contributed by atoms with Crippen molar-refractivity contribution in [2.75, 3.05) is 14.1 Å². The molecule has 0 saturated carbocycles. The van der Waals surface area contributed by atoms with Crippen LogP contribution in [0, 0.1) is 29.1 Å². The molecule has 2 fully saturated rings. The van der Waals surface area contributed by atoms with Crippen LogP contribution in [0.3, 0.4) is 0 Å². The smallest absolute Gasteiger partial charge is 0.321 e. The quantitative estimate of drug-likeness (QED) is 0.223. The highest BCUT2D eigenvalue weighted by Crippen LogP contribution is 2.56. The van der Waals surface area contributed by atoms with Gasteiger partial charge in [0.1, 0.15) is 5.75 Å². The molecule has 1 aromatic rings. The number of hydrogen-bond acceptors (Lipinski definition) is 5. The highest BCUT2D eigenvalue weighted by Gasteiger charge is 2.61. The van der Waals surface area contributed by atoms with Crippen LogP contribution in [0.1, 0.15) is 153 Å². The molecule has 7 nitrogen and oxygen atoms in total. The number of carboxylic acid groups (broad SMARTS) is 2. The van der Waals surface area contributed by atoms with Crippen LogP contribution < -0.4 is 0 Å². The first-order valence-electron chi connectivity index (χ1n) is 18.7. The second-order valence-corrected chi connectivity index (χ2v) is 20.4. The van der Waals surface area contributed by atoms with E-state index in [0.29, 0.717) is 25.0 Å². The number of likely N-dealkylation sites (tertiary alicyclic amines) is 2. The van der Waals surface area contributed by atoms with Crippen LogP contribution in [0.25, 0.3) is 0 Å². The molecular formula is C42H72N2O5. The molecule has 3 atom stereocenters. The van der Waals surface area contributed by atoms with E-state index in [1.807, 2.05) is 6.07 Å². The van der Waals surface area contributed by atoms with Gasteiger partial charge in [0.2, 0.25) is 0 Å². The average molecular weight is 685 g/mol. The lowest BCUT2D eigenvalue weighted by Crippen LogP contribution is -2.65. The fourth-order valence-corrected chi connectivity index (χ4v) is 10.5. The predicted octanol–water partition coefficient (Wildman–Crippen LogP) is 9.13. The molecule has 3 N–H and O–H groups in total. The minimum atomic E-state index is -1.90. The zero-order valence-electron chi connectivity index (χ0n) is 34.3. The number of nitrogens with zero attached hydrogens (tertiary/aromatic N) is 2. The summed E-state index contributed by atoms with van der Waals surface area (Å²) in [7, 11) is 4.27. The maximum atomic E-state index is 13.6. The second kappa shape index (κ2) is 13.1. The first kappa shape index (κ1) is 41.3. The summed E-state index contributed by atoms with van der Waals surface area (Å²) in [5.41, 5.74) is -0.180. The molecule has 0 bridgehead atoms. The van der Waals surface area contributed by atoms with E-state index in [-0.39, 0.29) is 57.2 Å². The lowest BCUT2D eigenvalue weighted by molar-refractivity contribution is -0.180. The van der Waals surface area contributed by atoms with Crippen molar-refractivity contribution in [2.45, 2.75) is 175 Å². The Bertz CT molecular complexity index is 1360. The molecule has 2 saturated heterocycles. The van der Waals surface area contributed by atoms with Gasteiger partial charge >= 0.3 is 11.9 Å². The molecule has 0 aliphatic carbocycles. The van der Waals surface area contributed by atoms with Gasteiger partial charge in [-0.25, -0.2) is 0 Å². The number of rotatable bonds is 9. The molecule has 1 aromatic carbocycles. The van der Waals surface area contributed by atoms with Gasteiger partial charge in [0.05, 0.1) is 0 Å². The van der Waals surface area contributed by atoms with Gasteiger partial charge in [0.15, 0.2) is 5.41 Å². The van der Waals surface area contributed by atoms with Crippen molar-refractivity contribution in [1.82, 2.24) is 9.80 Å². The van der Waals surface area contributed by atoms with Crippen molar-refractivity contribution in [2.24, 2.45) is 29.1 Å². The number of carbonyl (C=O) groups is 2. The third-order valence-corrected chi connectivity index (χ3v) is 13.6. The number of phenolic OH excluding ortho intramolecular Hbond substituents is 1. The van der Waals surface area contributed by atoms with Gasteiger partial charge in [-0.15, -0.1) is 0 Å². The molecule has 3 rings (SSSR count). The van der Waals surface area contributed by atoms with Gasteiger partial charge in [-0.1, -0.05) is 61.0 Å². The molecule has 3 unspecified atom stereocenters. The maximum absolute atomic E-state index is 13.6. The molecule has 0 aromatic heterocycles. The fraction of sp³-hybridized carbons (Fsp3) is 0.810. The first-order chi connectivity index (χ1) is 21.9. The van der Waals surface area contributed by atoms with Crippen molar-refractivity contribution in [3.05, 3.63) is 28.8 Å². The average Bonchev–Trinajstić information content (AvgIpc) is 2.91. The summed E-state index contributed by atoms with van der Waals surface area (Å²) >= 11 is 0. The third-order valence-electron chi connectivity index (χ3n) is 13.6. The zero-order valence-corrected chi connectivity index (χ0v) is 34.3. The molecule has 0 radical (unpaired) electrons. The standard InChI is InChI=1S/C42H72N2O5/c1-18-26(22-42(34(46)47,35(48)49)28-23-38(8,9)43(16)39(10,11)24-28)29-25-40(12,13)44(17)41(14,15)30(29)21-27-19-20-31(45)33(37(5,6)7)32(27)36(2,3)4/h19-20,26,28-30,45H,18,21-25H2,1-17H3,(H,46,47)(H,48,49). The summed E-state index contributed by atoms with van der Waals surface area (Å²) < 4.78 is 0. The Morgan fingerprint density at radius 2 is 1.22 bits per heavy atom. The van der Waals surface area contributed by atoms with Gasteiger partial charge < -0.3 is 15.3 Å². The molecule has 0 amide bonds. The number of carboxylic acids is 2. The Labute approximate surface area is 299 Å². The number of phenols is 1. The molecule has 2 heterocycles. The second-order valence-electron chi connectivity index (χ2n) is 20.4. The van der Waals surface area contributed by atoms with Crippen molar-refractivity contribution in [3.63, 3.8) is 0 Å². The first-order valence-corrected chi connectivity index (χ1v) is 18.7. The van der Waals surface area contributed by atoms with E-state index >= 15 is 0 Å². The Kier molecular flexibility index (Phi) is 11.1. The Balaban J connectivity index is 2.27. The SMILES string of the molecule is CCC(CC(C(=O)O)(C(=O)O)C1CC(C)(C)N(C)C(C)(C)C1)C1CC(C)(C)N(C)C(C)(C)C1Cc1ccc(O)c(C(C)(C)C)c1C(C)(C)C. The summed E-state index contributed by atoms with van der Waals surface area (Å²) in [6.45, 7) is 32.8. The minimum absolute atomic E-state index is 0.0799. The molecule has 7 heteroatoms. The van der Waals surface area contributed by atoms with Crippen molar-refractivity contribution in [3.8, 4) is 5.75 Å². The summed E-state index contributed by atoms with van der Waals surface area (Å²) in [5, 5.41) is 33.4. The van der Waals surface area contributed by atoms with E-state index in [2.05, 4.69) is 134 Å². The normalized spacial score (nSPS) is 25.6. The van der Waals surface area contributed by atoms with Crippen LogP contribution in [-0.4, -0.2) is 73.3 Å². The van der Waals surface area contributed by atoms with Crippen LogP contribution in [-0.2, 0) is 26.8 Å². The number of hydrogen-bond donors (Lipinski definition) is 3. The Morgan fingerprint density at radius 3 is 1.63 bits per heavy atom. The van der Waals surface area contributed by atoms with Gasteiger partial charge in [-0.05, 0) is 153 Å². The third kappa shape index (κ3) is 7.45. The molecule has 0 spiro atoms. The van der Waals surface area contributed by atoms with Gasteiger partial charge in [0.25, 0.3) is 0 Å². The van der Waals surface area contributed by atoms with E-state index < -0.39 is 23.3 Å².